The Morgan fingerprint density at radius 2 is 2.10 bits per heavy atom. The van der Waals surface area contributed by atoms with Gasteiger partial charge in [0, 0.05) is 23.9 Å². The van der Waals surface area contributed by atoms with Crippen LogP contribution in [0.1, 0.15) is 18.9 Å². The molecule has 0 radical (unpaired) electrons. The van der Waals surface area contributed by atoms with Gasteiger partial charge in [0.05, 0.1) is 5.02 Å². The number of halogens is 1. The third kappa shape index (κ3) is 1.74. The molecule has 3 aromatic rings. The zero-order valence-corrected chi connectivity index (χ0v) is 11.4. The summed E-state index contributed by atoms with van der Waals surface area (Å²) in [5.41, 5.74) is 0.314. The van der Waals surface area contributed by atoms with Gasteiger partial charge in [0.25, 0.3) is 5.56 Å². The first-order valence-corrected chi connectivity index (χ1v) is 6.59. The number of benzene rings is 1. The van der Waals surface area contributed by atoms with Gasteiger partial charge in [-0.3, -0.25) is 9.20 Å². The summed E-state index contributed by atoms with van der Waals surface area (Å²) in [5.74, 6) is -0.315. The van der Waals surface area contributed by atoms with Gasteiger partial charge in [-0.2, -0.15) is 0 Å². The Morgan fingerprint density at radius 3 is 2.80 bits per heavy atom. The first kappa shape index (κ1) is 12.9. The summed E-state index contributed by atoms with van der Waals surface area (Å²) in [6, 6.07) is 2.85. The van der Waals surface area contributed by atoms with Crippen LogP contribution >= 0.6 is 11.6 Å². The predicted molar refractivity (Wildman–Crippen MR) is 75.8 cm³/mol. The van der Waals surface area contributed by atoms with Gasteiger partial charge in [-0.15, -0.1) is 0 Å². The van der Waals surface area contributed by atoms with Gasteiger partial charge in [0.1, 0.15) is 22.5 Å². The molecule has 0 fully saturated rings. The Bertz CT molecular complexity index is 878. The third-order valence-electron chi connectivity index (χ3n) is 3.24. The van der Waals surface area contributed by atoms with Crippen LogP contribution in [0.25, 0.3) is 16.7 Å². The maximum Gasteiger partial charge on any atom is 0.272 e. The van der Waals surface area contributed by atoms with Crippen LogP contribution in [0.5, 0.6) is 11.5 Å². The second kappa shape index (κ2) is 4.45. The molecule has 5 nitrogen and oxygen atoms in total. The van der Waals surface area contributed by atoms with E-state index in [2.05, 4.69) is 0 Å². The maximum absolute atomic E-state index is 12.4. The molecule has 2 heterocycles. The molecule has 0 bridgehead atoms. The van der Waals surface area contributed by atoms with Crippen LogP contribution in [0.3, 0.4) is 0 Å². The van der Waals surface area contributed by atoms with Crippen molar-refractivity contribution in [3.63, 3.8) is 0 Å². The van der Waals surface area contributed by atoms with E-state index in [1.54, 1.807) is 0 Å². The first-order chi connectivity index (χ1) is 9.52. The minimum absolute atomic E-state index is 0.0472. The summed E-state index contributed by atoms with van der Waals surface area (Å²) in [5, 5.41) is 20.6. The lowest BCUT2D eigenvalue weighted by Crippen LogP contribution is -2.12. The number of phenols is 2. The summed E-state index contributed by atoms with van der Waals surface area (Å²) >= 11 is 5.85. The van der Waals surface area contributed by atoms with Crippen LogP contribution < -0.4 is 5.56 Å². The van der Waals surface area contributed by atoms with E-state index < -0.39 is 5.56 Å². The number of aromatic nitrogens is 1. The largest absolute Gasteiger partial charge is 0.507 e. The Labute approximate surface area is 118 Å². The molecule has 104 valence electrons. The molecule has 1 aromatic carbocycles. The first-order valence-electron chi connectivity index (χ1n) is 6.21. The Kier molecular flexibility index (Phi) is 2.87. The summed E-state index contributed by atoms with van der Waals surface area (Å²) in [4.78, 5) is 12.4. The van der Waals surface area contributed by atoms with Gasteiger partial charge in [-0.05, 0) is 6.42 Å². The number of phenolic OH excluding ortho intramolecular Hbond substituents is 2. The van der Waals surface area contributed by atoms with Crippen molar-refractivity contribution in [3.05, 3.63) is 39.3 Å². The number of hydrogen-bond acceptors (Lipinski definition) is 4. The SMILES string of the molecule is CCCc1c(O)cc2oc3cc(Cl)cn3c(=O)c2c1O. The van der Waals surface area contributed by atoms with E-state index >= 15 is 0 Å². The van der Waals surface area contributed by atoms with E-state index in [-0.39, 0.29) is 28.2 Å². The van der Waals surface area contributed by atoms with Crippen molar-refractivity contribution in [1.82, 2.24) is 4.40 Å². The van der Waals surface area contributed by atoms with Crippen LogP contribution in [0.15, 0.2) is 27.5 Å². The smallest absolute Gasteiger partial charge is 0.272 e. The standard InChI is InChI=1S/C14H12ClNO4/c1-2-3-8-9(17)5-10-12(13(8)18)14(19)16-6-7(15)4-11(16)20-10/h4-6,17-18H,2-3H2,1H3. The molecule has 0 unspecified atom stereocenters. The molecule has 0 amide bonds. The van der Waals surface area contributed by atoms with E-state index in [0.717, 1.165) is 6.42 Å². The molecule has 0 atom stereocenters. The zero-order chi connectivity index (χ0) is 14.4. The maximum atomic E-state index is 12.4. The van der Waals surface area contributed by atoms with Gasteiger partial charge >= 0.3 is 0 Å². The van der Waals surface area contributed by atoms with E-state index in [1.165, 1.54) is 22.7 Å². The predicted octanol–water partition coefficient (Wildman–Crippen LogP) is 3.06. The Morgan fingerprint density at radius 1 is 1.35 bits per heavy atom. The lowest BCUT2D eigenvalue weighted by Gasteiger charge is -2.09. The molecule has 2 N–H and O–H groups in total. The van der Waals surface area contributed by atoms with Crippen LogP contribution in [0, 0.1) is 0 Å². The molecule has 0 aliphatic rings. The average Bonchev–Trinajstić information content (AvgIpc) is 2.75. The van der Waals surface area contributed by atoms with Crippen LogP contribution in [-0.2, 0) is 6.42 Å². The highest BCUT2D eigenvalue weighted by molar-refractivity contribution is 6.30. The van der Waals surface area contributed by atoms with Gasteiger partial charge in [-0.25, -0.2) is 0 Å². The highest BCUT2D eigenvalue weighted by atomic mass is 35.5. The van der Waals surface area contributed by atoms with Crippen LogP contribution in [-0.4, -0.2) is 14.6 Å². The average molecular weight is 294 g/mol. The molecule has 6 heteroatoms. The summed E-state index contributed by atoms with van der Waals surface area (Å²) < 4.78 is 6.73. The van der Waals surface area contributed by atoms with Crippen LogP contribution in [0.2, 0.25) is 5.02 Å². The number of hydrogen-bond donors (Lipinski definition) is 2. The molecule has 0 aliphatic carbocycles. The highest BCUT2D eigenvalue weighted by Crippen LogP contribution is 2.35. The number of rotatable bonds is 2. The lowest BCUT2D eigenvalue weighted by molar-refractivity contribution is 0.439. The van der Waals surface area contributed by atoms with E-state index in [1.807, 2.05) is 6.92 Å². The van der Waals surface area contributed by atoms with Crippen molar-refractivity contribution in [2.24, 2.45) is 0 Å². The second-order valence-electron chi connectivity index (χ2n) is 4.62. The van der Waals surface area contributed by atoms with E-state index in [9.17, 15) is 15.0 Å². The third-order valence-corrected chi connectivity index (χ3v) is 3.45. The molecule has 2 aromatic heterocycles. The molecule has 0 saturated heterocycles. The highest BCUT2D eigenvalue weighted by Gasteiger charge is 2.18. The molecule has 20 heavy (non-hydrogen) atoms. The van der Waals surface area contributed by atoms with Crippen molar-refractivity contribution >= 4 is 28.3 Å². The van der Waals surface area contributed by atoms with Crippen LogP contribution in [0.4, 0.5) is 0 Å². The number of fused-ring (bicyclic) bond motifs is 2. The second-order valence-corrected chi connectivity index (χ2v) is 5.06. The topological polar surface area (TPSA) is 75.1 Å². The minimum Gasteiger partial charge on any atom is -0.507 e. The van der Waals surface area contributed by atoms with Gasteiger partial charge in [-0.1, -0.05) is 24.9 Å². The zero-order valence-electron chi connectivity index (χ0n) is 10.7. The van der Waals surface area contributed by atoms with Crippen molar-refractivity contribution in [3.8, 4) is 11.5 Å². The summed E-state index contributed by atoms with van der Waals surface area (Å²) in [6.07, 6.45) is 2.63. The lowest BCUT2D eigenvalue weighted by atomic mass is 10.0. The number of aromatic hydroxyl groups is 2. The van der Waals surface area contributed by atoms with Crippen molar-refractivity contribution in [2.45, 2.75) is 19.8 Å². The summed E-state index contributed by atoms with van der Waals surface area (Å²) in [6.45, 7) is 1.92. The van der Waals surface area contributed by atoms with Crippen molar-refractivity contribution < 1.29 is 14.6 Å². The molecule has 3 rings (SSSR count). The fourth-order valence-electron chi connectivity index (χ4n) is 2.34. The molecule has 0 aliphatic heterocycles. The molecular weight excluding hydrogens is 282 g/mol. The van der Waals surface area contributed by atoms with E-state index in [0.29, 0.717) is 17.0 Å². The van der Waals surface area contributed by atoms with Crippen molar-refractivity contribution in [2.75, 3.05) is 0 Å². The quantitative estimate of drug-likeness (QED) is 0.761. The molecule has 0 saturated carbocycles. The fraction of sp³-hybridized carbons (Fsp3) is 0.214. The monoisotopic (exact) mass is 293 g/mol. The number of nitrogens with zero attached hydrogens (tertiary/aromatic N) is 1. The van der Waals surface area contributed by atoms with Gasteiger partial charge in [0.15, 0.2) is 0 Å². The summed E-state index contributed by atoms with van der Waals surface area (Å²) in [7, 11) is 0. The van der Waals surface area contributed by atoms with Gasteiger partial charge in [0.2, 0.25) is 5.71 Å². The molecular formula is C14H12ClNO4. The Hall–Kier alpha value is -2.14. The van der Waals surface area contributed by atoms with E-state index in [4.69, 9.17) is 16.0 Å². The van der Waals surface area contributed by atoms with Gasteiger partial charge < -0.3 is 14.6 Å². The van der Waals surface area contributed by atoms with Crippen molar-refractivity contribution in [1.29, 1.82) is 0 Å². The fourth-order valence-corrected chi connectivity index (χ4v) is 2.53. The minimum atomic E-state index is -0.428. The Balaban J connectivity index is 2.49. The molecule has 0 spiro atoms. The normalized spacial score (nSPS) is 11.5.